The van der Waals surface area contributed by atoms with E-state index in [4.69, 9.17) is 26.8 Å². The number of hydrogen-bond acceptors (Lipinski definition) is 7. The maximum absolute atomic E-state index is 14.7. The normalized spacial score (nSPS) is 14.7. The number of aliphatic hydroxyl groups is 1. The number of hydrogen-bond donors (Lipinski definition) is 3. The predicted molar refractivity (Wildman–Crippen MR) is 156 cm³/mol. The van der Waals surface area contributed by atoms with E-state index in [1.807, 2.05) is 0 Å². The molecule has 0 bridgehead atoms. The highest BCUT2D eigenvalue weighted by atomic mass is 35.5. The highest BCUT2D eigenvalue weighted by Crippen LogP contribution is 2.43. The molecule has 0 aliphatic heterocycles. The summed E-state index contributed by atoms with van der Waals surface area (Å²) >= 11 is 6.36. The zero-order chi connectivity index (χ0) is 31.8. The fourth-order valence-corrected chi connectivity index (χ4v) is 5.06. The third-order valence-electron chi connectivity index (χ3n) is 7.22. The molecule has 1 fully saturated rings. The smallest absolute Gasteiger partial charge is 0.424 e. The number of rotatable bonds is 11. The van der Waals surface area contributed by atoms with Gasteiger partial charge in [-0.25, -0.2) is 4.98 Å². The number of amides is 2. The largest absolute Gasteiger partial charge is 0.494 e. The highest BCUT2D eigenvalue weighted by molar-refractivity contribution is 6.33. The Morgan fingerprint density at radius 2 is 1.93 bits per heavy atom. The van der Waals surface area contributed by atoms with E-state index < -0.39 is 42.3 Å². The number of nitrogens with zero attached hydrogens (tertiary/aromatic N) is 3. The summed E-state index contributed by atoms with van der Waals surface area (Å²) < 4.78 is 56.9. The van der Waals surface area contributed by atoms with E-state index in [1.165, 1.54) is 31.4 Å². The van der Waals surface area contributed by atoms with E-state index in [1.54, 1.807) is 29.9 Å². The molecule has 0 spiro atoms. The number of fused-ring (bicyclic) bond motifs is 1. The SMILES string of the molecule is CCOc1c(CC(N)=O)cc([C@@](O)(CNC(=O)c2cc(OC)c3nn(C4CC4)cc3c2)C(F)(F)F)nc1-c1ccccc1Cl. The number of methoxy groups -OCH3 is 1. The number of aromatic nitrogens is 3. The third-order valence-corrected chi connectivity index (χ3v) is 7.55. The summed E-state index contributed by atoms with van der Waals surface area (Å²) in [5.41, 5.74) is 1.35. The summed E-state index contributed by atoms with van der Waals surface area (Å²) in [4.78, 5) is 29.3. The van der Waals surface area contributed by atoms with Crippen molar-refractivity contribution in [3.8, 4) is 22.8 Å². The van der Waals surface area contributed by atoms with E-state index in [0.717, 1.165) is 18.9 Å². The predicted octanol–water partition coefficient (Wildman–Crippen LogP) is 4.70. The second-order valence-electron chi connectivity index (χ2n) is 10.4. The summed E-state index contributed by atoms with van der Waals surface area (Å²) in [6, 6.07) is 10.2. The molecule has 2 aromatic carbocycles. The molecule has 4 aromatic rings. The molecule has 14 heteroatoms. The van der Waals surface area contributed by atoms with Crippen molar-refractivity contribution in [2.24, 2.45) is 5.73 Å². The first-order valence-corrected chi connectivity index (χ1v) is 14.1. The van der Waals surface area contributed by atoms with Gasteiger partial charge < -0.3 is 25.6 Å². The van der Waals surface area contributed by atoms with E-state index >= 15 is 0 Å². The van der Waals surface area contributed by atoms with Crippen molar-refractivity contribution >= 4 is 34.3 Å². The van der Waals surface area contributed by atoms with Crippen LogP contribution >= 0.6 is 11.6 Å². The maximum Gasteiger partial charge on any atom is 0.424 e. The Labute approximate surface area is 254 Å². The maximum atomic E-state index is 14.7. The minimum absolute atomic E-state index is 0.0000446. The minimum atomic E-state index is -5.32. The molecule has 0 radical (unpaired) electrons. The van der Waals surface area contributed by atoms with Crippen LogP contribution in [0, 0.1) is 0 Å². The zero-order valence-corrected chi connectivity index (χ0v) is 24.5. The average Bonchev–Trinajstić information content (AvgIpc) is 3.73. The lowest BCUT2D eigenvalue weighted by Gasteiger charge is -2.31. The number of benzene rings is 2. The van der Waals surface area contributed by atoms with Gasteiger partial charge in [0, 0.05) is 28.3 Å². The minimum Gasteiger partial charge on any atom is -0.494 e. The Morgan fingerprint density at radius 1 is 1.20 bits per heavy atom. The fourth-order valence-electron chi connectivity index (χ4n) is 4.84. The van der Waals surface area contributed by atoms with Gasteiger partial charge in [0.1, 0.15) is 22.7 Å². The third kappa shape index (κ3) is 6.02. The topological polar surface area (TPSA) is 142 Å². The Kier molecular flexibility index (Phi) is 8.45. The zero-order valence-electron chi connectivity index (χ0n) is 23.7. The van der Waals surface area contributed by atoms with E-state index in [-0.39, 0.29) is 51.6 Å². The van der Waals surface area contributed by atoms with Gasteiger partial charge in [0.05, 0.1) is 43.4 Å². The molecule has 0 unspecified atom stereocenters. The van der Waals surface area contributed by atoms with Crippen LogP contribution in [0.25, 0.3) is 22.2 Å². The number of carbonyl (C=O) groups excluding carboxylic acids is 2. The van der Waals surface area contributed by atoms with Crippen LogP contribution < -0.4 is 20.5 Å². The van der Waals surface area contributed by atoms with Crippen LogP contribution in [0.3, 0.4) is 0 Å². The van der Waals surface area contributed by atoms with Crippen molar-refractivity contribution in [2.45, 2.75) is 44.0 Å². The van der Waals surface area contributed by atoms with Crippen LogP contribution in [-0.4, -0.2) is 58.1 Å². The summed E-state index contributed by atoms with van der Waals surface area (Å²) in [7, 11) is 1.40. The molecule has 1 aliphatic rings. The fraction of sp³-hybridized carbons (Fsp3) is 0.333. The first kappa shape index (κ1) is 31.1. The molecule has 2 aromatic heterocycles. The average molecular weight is 632 g/mol. The highest BCUT2D eigenvalue weighted by Gasteiger charge is 2.57. The van der Waals surface area contributed by atoms with Gasteiger partial charge in [-0.1, -0.05) is 29.8 Å². The number of nitrogens with two attached hydrogens (primary N) is 1. The molecule has 1 aliphatic carbocycles. The lowest BCUT2D eigenvalue weighted by molar-refractivity contribution is -0.265. The van der Waals surface area contributed by atoms with Gasteiger partial charge in [0.2, 0.25) is 11.5 Å². The van der Waals surface area contributed by atoms with Crippen molar-refractivity contribution in [1.82, 2.24) is 20.1 Å². The number of halogens is 4. The lowest BCUT2D eigenvalue weighted by Crippen LogP contribution is -2.51. The van der Waals surface area contributed by atoms with Crippen LogP contribution in [0.5, 0.6) is 11.5 Å². The monoisotopic (exact) mass is 631 g/mol. The standard InChI is InChI=1S/C30H29ClF3N5O5/c1-3-44-27-16(13-24(35)40)12-23(37-26(27)20-6-4-5-7-21(20)31)29(42,30(32,33)34)15-36-28(41)17-10-18-14-39(19-8-9-19)38-25(18)22(11-17)43-2/h4-7,10-12,14,19,42H,3,8-9,13,15H2,1-2H3,(H2,35,40)(H,36,41)/t29-/m0/s1. The van der Waals surface area contributed by atoms with Crippen molar-refractivity contribution in [3.63, 3.8) is 0 Å². The molecule has 4 N–H and O–H groups in total. The van der Waals surface area contributed by atoms with Crippen LogP contribution in [0.1, 0.15) is 47.4 Å². The van der Waals surface area contributed by atoms with Crippen molar-refractivity contribution in [1.29, 1.82) is 0 Å². The molecule has 232 valence electrons. The quantitative estimate of drug-likeness (QED) is 0.218. The van der Waals surface area contributed by atoms with Crippen molar-refractivity contribution in [2.75, 3.05) is 20.3 Å². The van der Waals surface area contributed by atoms with Gasteiger partial charge in [-0.3, -0.25) is 14.3 Å². The van der Waals surface area contributed by atoms with Gasteiger partial charge in [-0.05, 0) is 44.0 Å². The molecule has 0 saturated heterocycles. The Bertz CT molecular complexity index is 1740. The van der Waals surface area contributed by atoms with Crippen molar-refractivity contribution < 1.29 is 37.3 Å². The number of carbonyl (C=O) groups is 2. The molecular formula is C30H29ClF3N5O5. The van der Waals surface area contributed by atoms with Gasteiger partial charge in [0.15, 0.2) is 0 Å². The number of nitrogens with one attached hydrogen (secondary N) is 1. The van der Waals surface area contributed by atoms with E-state index in [0.29, 0.717) is 10.9 Å². The number of pyridine rings is 1. The molecule has 5 rings (SSSR count). The molecule has 1 saturated carbocycles. The molecule has 10 nitrogen and oxygen atoms in total. The Hall–Kier alpha value is -4.36. The first-order chi connectivity index (χ1) is 20.9. The van der Waals surface area contributed by atoms with Gasteiger partial charge in [0.25, 0.3) is 5.91 Å². The van der Waals surface area contributed by atoms with E-state index in [9.17, 15) is 27.9 Å². The first-order valence-electron chi connectivity index (χ1n) is 13.7. The van der Waals surface area contributed by atoms with Crippen LogP contribution in [-0.2, 0) is 16.8 Å². The Morgan fingerprint density at radius 3 is 2.55 bits per heavy atom. The second kappa shape index (κ2) is 12.0. The van der Waals surface area contributed by atoms with Gasteiger partial charge >= 0.3 is 6.18 Å². The molecule has 1 atom stereocenters. The second-order valence-corrected chi connectivity index (χ2v) is 10.8. The van der Waals surface area contributed by atoms with Crippen molar-refractivity contribution in [3.05, 3.63) is 70.5 Å². The Balaban J connectivity index is 1.56. The number of ether oxygens (including phenoxy) is 2. The molecular weight excluding hydrogens is 603 g/mol. The lowest BCUT2D eigenvalue weighted by atomic mass is 9.93. The molecule has 44 heavy (non-hydrogen) atoms. The van der Waals surface area contributed by atoms with Gasteiger partial charge in [-0.15, -0.1) is 0 Å². The summed E-state index contributed by atoms with van der Waals surface area (Å²) in [5, 5.41) is 18.7. The molecule has 2 amide bonds. The van der Waals surface area contributed by atoms with E-state index in [2.05, 4.69) is 15.4 Å². The molecule has 2 heterocycles. The summed E-state index contributed by atoms with van der Waals surface area (Å²) in [6.45, 7) is 0.413. The van der Waals surface area contributed by atoms with Crippen LogP contribution in [0.4, 0.5) is 13.2 Å². The number of primary amides is 1. The van der Waals surface area contributed by atoms with Gasteiger partial charge in [-0.2, -0.15) is 18.3 Å². The summed E-state index contributed by atoms with van der Waals surface area (Å²) in [6.07, 6.45) is -2.15. The number of alkyl halides is 3. The summed E-state index contributed by atoms with van der Waals surface area (Å²) in [5.74, 6) is -1.50. The van der Waals surface area contributed by atoms with Crippen LogP contribution in [0.2, 0.25) is 5.02 Å². The van der Waals surface area contributed by atoms with Crippen LogP contribution in [0.15, 0.2) is 48.7 Å².